The summed E-state index contributed by atoms with van der Waals surface area (Å²) >= 11 is 0. The molecule has 0 unspecified atom stereocenters. The van der Waals surface area contributed by atoms with Crippen LogP contribution in [0.15, 0.2) is 83.9 Å². The molecule has 4 aromatic rings. The summed E-state index contributed by atoms with van der Waals surface area (Å²) in [5.74, 6) is -0.299. The zero-order valence-corrected chi connectivity index (χ0v) is 18.5. The molecule has 1 aromatic heterocycles. The van der Waals surface area contributed by atoms with E-state index < -0.39 is 0 Å². The van der Waals surface area contributed by atoms with Gasteiger partial charge in [-0.3, -0.25) is 9.59 Å². The topological polar surface area (TPSA) is 56.4 Å². The lowest BCUT2D eigenvalue weighted by Crippen LogP contribution is -2.29. The predicted molar refractivity (Wildman–Crippen MR) is 127 cm³/mol. The van der Waals surface area contributed by atoms with Gasteiger partial charge in [-0.25, -0.2) is 0 Å². The van der Waals surface area contributed by atoms with E-state index in [1.807, 2.05) is 88.0 Å². The van der Waals surface area contributed by atoms with E-state index in [0.29, 0.717) is 11.2 Å². The van der Waals surface area contributed by atoms with Gasteiger partial charge in [0, 0.05) is 19.0 Å². The fraction of sp³-hybridized carbons (Fsp3) is 0.222. The Balaban J connectivity index is 1.72. The zero-order chi connectivity index (χ0) is 22.5. The molecule has 0 atom stereocenters. The number of aromatic nitrogens is 2. The molecule has 0 aliphatic heterocycles. The molecule has 0 N–H and O–H groups in total. The fourth-order valence-electron chi connectivity index (χ4n) is 3.95. The Morgan fingerprint density at radius 2 is 1.38 bits per heavy atom. The first-order valence-corrected chi connectivity index (χ1v) is 11.0. The summed E-state index contributed by atoms with van der Waals surface area (Å²) in [6, 6.07) is 25.7. The Kier molecular flexibility index (Phi) is 6.45. The fourth-order valence-corrected chi connectivity index (χ4v) is 3.95. The lowest BCUT2D eigenvalue weighted by Gasteiger charge is -2.07. The average molecular weight is 426 g/mol. The van der Waals surface area contributed by atoms with Crippen molar-refractivity contribution >= 4 is 22.7 Å². The maximum atomic E-state index is 13.2. The first kappa shape index (κ1) is 21.5. The van der Waals surface area contributed by atoms with Crippen LogP contribution in [0.5, 0.6) is 0 Å². The van der Waals surface area contributed by atoms with Crippen molar-refractivity contribution in [3.05, 3.63) is 90.0 Å². The highest BCUT2D eigenvalue weighted by Crippen LogP contribution is 2.20. The molecule has 0 radical (unpaired) electrons. The number of imidazole rings is 1. The van der Waals surface area contributed by atoms with Crippen LogP contribution in [0, 0.1) is 0 Å². The van der Waals surface area contributed by atoms with E-state index in [0.717, 1.165) is 41.5 Å². The minimum absolute atomic E-state index is 0.0204. The lowest BCUT2D eigenvalue weighted by atomic mass is 10.0. The third-order valence-corrected chi connectivity index (χ3v) is 5.55. The summed E-state index contributed by atoms with van der Waals surface area (Å²) < 4.78 is 3.91. The number of benzene rings is 3. The van der Waals surface area contributed by atoms with Crippen LogP contribution in [0.4, 0.5) is 0 Å². The van der Waals surface area contributed by atoms with Crippen LogP contribution in [0.3, 0.4) is 0 Å². The predicted octanol–water partition coefficient (Wildman–Crippen LogP) is 5.24. The zero-order valence-electron chi connectivity index (χ0n) is 18.5. The van der Waals surface area contributed by atoms with Crippen LogP contribution >= 0.6 is 0 Å². The maximum Gasteiger partial charge on any atom is 0.245 e. The lowest BCUT2D eigenvalue weighted by molar-refractivity contribution is -0.116. The van der Waals surface area contributed by atoms with Crippen molar-refractivity contribution < 1.29 is 9.59 Å². The normalized spacial score (nSPS) is 11.8. The molecule has 162 valence electrons. The Morgan fingerprint density at radius 1 is 0.781 bits per heavy atom. The number of carbonyl (C=O) groups excluding carboxylic acids is 2. The number of unbranched alkanes of at least 4 members (excludes halogenated alkanes) is 1. The van der Waals surface area contributed by atoms with E-state index in [4.69, 9.17) is 0 Å². The van der Waals surface area contributed by atoms with E-state index in [1.54, 1.807) is 0 Å². The molecule has 0 saturated carbocycles. The largest absolute Gasteiger partial charge is 0.310 e. The molecule has 0 aliphatic carbocycles. The van der Waals surface area contributed by atoms with Gasteiger partial charge in [-0.15, -0.1) is 0 Å². The first-order valence-electron chi connectivity index (χ1n) is 11.0. The number of hydrogen-bond donors (Lipinski definition) is 0. The number of ketones is 1. The Labute approximate surface area is 187 Å². The van der Waals surface area contributed by atoms with Gasteiger partial charge >= 0.3 is 0 Å². The van der Waals surface area contributed by atoms with E-state index in [1.165, 1.54) is 6.92 Å². The van der Waals surface area contributed by atoms with Gasteiger partial charge in [0.2, 0.25) is 11.5 Å². The minimum Gasteiger partial charge on any atom is -0.310 e. The van der Waals surface area contributed by atoms with Gasteiger partial charge in [0.15, 0.2) is 5.78 Å². The highest BCUT2D eigenvalue weighted by atomic mass is 16.1. The molecule has 0 bridgehead atoms. The van der Waals surface area contributed by atoms with Gasteiger partial charge in [0.1, 0.15) is 0 Å². The molecule has 0 fully saturated rings. The summed E-state index contributed by atoms with van der Waals surface area (Å²) in [6.07, 6.45) is 1.99. The number of hydrogen-bond acceptors (Lipinski definition) is 2. The summed E-state index contributed by atoms with van der Waals surface area (Å²) in [5.41, 5.74) is 5.23. The number of carbonyl (C=O) groups is 2. The van der Waals surface area contributed by atoms with Crippen LogP contribution in [0.2, 0.25) is 0 Å². The quantitative estimate of drug-likeness (QED) is 0.380. The molecule has 1 heterocycles. The molecular formula is C27H27N3O2. The Morgan fingerprint density at radius 3 is 2.00 bits per heavy atom. The Bertz CT molecular complexity index is 1310. The highest BCUT2D eigenvalue weighted by Gasteiger charge is 2.16. The molecule has 5 heteroatoms. The van der Waals surface area contributed by atoms with Crippen molar-refractivity contribution in [1.82, 2.24) is 9.13 Å². The van der Waals surface area contributed by atoms with Crippen LogP contribution in [-0.4, -0.2) is 20.8 Å². The number of aryl methyl sites for hydroxylation is 1. The molecule has 5 nitrogen and oxygen atoms in total. The van der Waals surface area contributed by atoms with Crippen molar-refractivity contribution in [2.45, 2.75) is 39.8 Å². The standard InChI is InChI=1S/C27H27N3O2/c1-3-4-18-29-24-12-8-9-13-25(24)30(27(29)28-20(2)31)19-26(32)23-16-14-22(15-17-23)21-10-6-5-7-11-21/h5-17H,3-4,18-19H2,1-2H3. The molecule has 0 saturated heterocycles. The van der Waals surface area contributed by atoms with Crippen molar-refractivity contribution in [1.29, 1.82) is 0 Å². The van der Waals surface area contributed by atoms with Crippen molar-refractivity contribution in [3.63, 3.8) is 0 Å². The van der Waals surface area contributed by atoms with E-state index in [-0.39, 0.29) is 18.2 Å². The first-order chi connectivity index (χ1) is 15.6. The van der Waals surface area contributed by atoms with Crippen molar-refractivity contribution in [2.24, 2.45) is 4.99 Å². The van der Waals surface area contributed by atoms with E-state index in [2.05, 4.69) is 11.9 Å². The van der Waals surface area contributed by atoms with Crippen LogP contribution < -0.4 is 5.62 Å². The number of amides is 1. The summed E-state index contributed by atoms with van der Waals surface area (Å²) in [4.78, 5) is 29.4. The molecule has 4 rings (SSSR count). The number of para-hydroxylation sites is 2. The second-order valence-electron chi connectivity index (χ2n) is 7.88. The summed E-state index contributed by atoms with van der Waals surface area (Å²) in [6.45, 7) is 4.44. The van der Waals surface area contributed by atoms with Gasteiger partial charge in [-0.2, -0.15) is 4.99 Å². The van der Waals surface area contributed by atoms with Gasteiger partial charge in [0.25, 0.3) is 0 Å². The third-order valence-electron chi connectivity index (χ3n) is 5.55. The van der Waals surface area contributed by atoms with Gasteiger partial charge in [-0.1, -0.05) is 80.1 Å². The van der Waals surface area contributed by atoms with Crippen LogP contribution in [0.25, 0.3) is 22.2 Å². The van der Waals surface area contributed by atoms with Gasteiger partial charge < -0.3 is 9.13 Å². The molecule has 0 spiro atoms. The second kappa shape index (κ2) is 9.60. The molecule has 32 heavy (non-hydrogen) atoms. The molecule has 0 aliphatic rings. The van der Waals surface area contributed by atoms with E-state index >= 15 is 0 Å². The molecule has 1 amide bonds. The van der Waals surface area contributed by atoms with E-state index in [9.17, 15) is 9.59 Å². The smallest absolute Gasteiger partial charge is 0.245 e. The average Bonchev–Trinajstić information content (AvgIpc) is 3.10. The SMILES string of the molecule is CCCCn1c(=NC(C)=O)n(CC(=O)c2ccc(-c3ccccc3)cc2)c2ccccc21. The minimum atomic E-state index is -0.279. The maximum absolute atomic E-state index is 13.2. The second-order valence-corrected chi connectivity index (χ2v) is 7.88. The van der Waals surface area contributed by atoms with Crippen molar-refractivity contribution in [2.75, 3.05) is 0 Å². The third kappa shape index (κ3) is 4.47. The van der Waals surface area contributed by atoms with Gasteiger partial charge in [-0.05, 0) is 29.7 Å². The molecular weight excluding hydrogens is 398 g/mol. The Hall–Kier alpha value is -3.73. The van der Waals surface area contributed by atoms with Crippen LogP contribution in [0.1, 0.15) is 37.0 Å². The number of nitrogens with zero attached hydrogens (tertiary/aromatic N) is 3. The number of fused-ring (bicyclic) bond motifs is 1. The highest BCUT2D eigenvalue weighted by molar-refractivity contribution is 5.97. The van der Waals surface area contributed by atoms with Crippen molar-refractivity contribution in [3.8, 4) is 11.1 Å². The van der Waals surface area contributed by atoms with Gasteiger partial charge in [0.05, 0.1) is 17.6 Å². The molecule has 3 aromatic carbocycles. The number of rotatable bonds is 7. The number of Topliss-reactive ketones (excluding diaryl/α,β-unsaturated/α-hetero) is 1. The monoisotopic (exact) mass is 425 g/mol. The summed E-state index contributed by atoms with van der Waals surface area (Å²) in [7, 11) is 0. The summed E-state index contributed by atoms with van der Waals surface area (Å²) in [5, 5.41) is 0. The van der Waals surface area contributed by atoms with Crippen LogP contribution in [-0.2, 0) is 17.9 Å².